The number of benzene rings is 2. The van der Waals surface area contributed by atoms with E-state index >= 15 is 0 Å². The van der Waals surface area contributed by atoms with Crippen molar-refractivity contribution in [2.24, 2.45) is 5.41 Å². The number of amides is 1. The van der Waals surface area contributed by atoms with Crippen LogP contribution in [0.3, 0.4) is 0 Å². The second-order valence-corrected chi connectivity index (χ2v) is 7.90. The van der Waals surface area contributed by atoms with Gasteiger partial charge in [0.2, 0.25) is 5.91 Å². The van der Waals surface area contributed by atoms with Crippen LogP contribution in [-0.2, 0) is 11.2 Å². The summed E-state index contributed by atoms with van der Waals surface area (Å²) < 4.78 is 0. The van der Waals surface area contributed by atoms with E-state index in [-0.39, 0.29) is 11.9 Å². The Labute approximate surface area is 156 Å². The fraction of sp³-hybridized carbons (Fsp3) is 0.348. The lowest BCUT2D eigenvalue weighted by Crippen LogP contribution is -2.48. The molecule has 3 rings (SSSR count). The number of nitrogens with zero attached hydrogens (tertiary/aromatic N) is 1. The number of carbonyl (C=O) groups excluding carboxylic acids is 1. The first-order valence-corrected chi connectivity index (χ1v) is 9.18. The van der Waals surface area contributed by atoms with Crippen molar-refractivity contribution in [2.45, 2.75) is 39.3 Å². The second kappa shape index (κ2) is 7.46. The first kappa shape index (κ1) is 18.4. The van der Waals surface area contributed by atoms with Crippen molar-refractivity contribution in [1.82, 2.24) is 4.90 Å². The van der Waals surface area contributed by atoms with E-state index in [1.54, 1.807) is 6.08 Å². The molecule has 1 heterocycles. The van der Waals surface area contributed by atoms with Crippen molar-refractivity contribution in [3.63, 3.8) is 0 Å². The van der Waals surface area contributed by atoms with E-state index < -0.39 is 11.5 Å². The van der Waals surface area contributed by atoms with E-state index in [1.165, 1.54) is 5.56 Å². The predicted molar refractivity (Wildman–Crippen MR) is 106 cm³/mol. The third-order valence-electron chi connectivity index (χ3n) is 4.84. The molecule has 0 aromatic heterocycles. The fourth-order valence-corrected chi connectivity index (χ4v) is 3.50. The Balaban J connectivity index is 1.95. The van der Waals surface area contributed by atoms with Gasteiger partial charge in [-0.05, 0) is 23.1 Å². The van der Waals surface area contributed by atoms with Crippen molar-refractivity contribution in [2.75, 3.05) is 6.54 Å². The lowest BCUT2D eigenvalue weighted by Gasteiger charge is -2.42. The molecule has 1 N–H and O–H groups in total. The fourth-order valence-electron chi connectivity index (χ4n) is 3.50. The van der Waals surface area contributed by atoms with E-state index in [0.29, 0.717) is 6.54 Å². The second-order valence-electron chi connectivity index (χ2n) is 7.90. The zero-order chi connectivity index (χ0) is 18.7. The minimum Gasteiger partial charge on any atom is -0.387 e. The number of fused-ring (bicyclic) bond motifs is 1. The van der Waals surface area contributed by atoms with Gasteiger partial charge in [-0.1, -0.05) is 87.5 Å². The Hall–Kier alpha value is -2.39. The average Bonchev–Trinajstić information content (AvgIpc) is 2.64. The highest BCUT2D eigenvalue weighted by molar-refractivity contribution is 5.82. The molecule has 0 radical (unpaired) electrons. The van der Waals surface area contributed by atoms with Crippen LogP contribution >= 0.6 is 0 Å². The largest absolute Gasteiger partial charge is 0.387 e. The van der Waals surface area contributed by atoms with E-state index in [9.17, 15) is 9.90 Å². The van der Waals surface area contributed by atoms with Crippen LogP contribution in [0.1, 0.15) is 43.5 Å². The molecule has 1 aliphatic rings. The van der Waals surface area contributed by atoms with Gasteiger partial charge in [0.05, 0.1) is 12.1 Å². The van der Waals surface area contributed by atoms with Crippen molar-refractivity contribution < 1.29 is 9.90 Å². The van der Waals surface area contributed by atoms with Crippen LogP contribution in [0, 0.1) is 5.41 Å². The lowest BCUT2D eigenvalue weighted by molar-refractivity contribution is -0.144. The molecule has 0 saturated heterocycles. The highest BCUT2D eigenvalue weighted by atomic mass is 16.3. The molecule has 2 aromatic rings. The van der Waals surface area contributed by atoms with Gasteiger partial charge in [-0.2, -0.15) is 0 Å². The molecule has 0 aliphatic carbocycles. The lowest BCUT2D eigenvalue weighted by atomic mass is 9.85. The van der Waals surface area contributed by atoms with Gasteiger partial charge >= 0.3 is 0 Å². The summed E-state index contributed by atoms with van der Waals surface area (Å²) in [6.45, 7) is 6.42. The van der Waals surface area contributed by atoms with Gasteiger partial charge in [0.25, 0.3) is 0 Å². The van der Waals surface area contributed by atoms with E-state index in [2.05, 4.69) is 6.07 Å². The monoisotopic (exact) mass is 349 g/mol. The molecule has 0 spiro atoms. The SMILES string of the molecule is CC(C)(C)C(=O)N1CCc2ccccc2C1C(O)/C=C/c1ccccc1. The summed E-state index contributed by atoms with van der Waals surface area (Å²) in [6.07, 6.45) is 3.78. The molecule has 136 valence electrons. The number of hydrogen-bond acceptors (Lipinski definition) is 2. The number of carbonyl (C=O) groups is 1. The Morgan fingerprint density at radius 2 is 1.77 bits per heavy atom. The summed E-state index contributed by atoms with van der Waals surface area (Å²) in [6, 6.07) is 17.7. The molecular weight excluding hydrogens is 322 g/mol. The molecule has 26 heavy (non-hydrogen) atoms. The number of rotatable bonds is 3. The Kier molecular flexibility index (Phi) is 5.28. The topological polar surface area (TPSA) is 40.5 Å². The Bertz CT molecular complexity index is 789. The van der Waals surface area contributed by atoms with E-state index in [0.717, 1.165) is 17.5 Å². The van der Waals surface area contributed by atoms with Gasteiger partial charge < -0.3 is 10.0 Å². The molecular formula is C23H27NO2. The van der Waals surface area contributed by atoms with Gasteiger partial charge in [-0.3, -0.25) is 4.79 Å². The first-order valence-electron chi connectivity index (χ1n) is 9.18. The maximum atomic E-state index is 13.0. The third kappa shape index (κ3) is 3.88. The molecule has 2 aromatic carbocycles. The summed E-state index contributed by atoms with van der Waals surface area (Å²) in [7, 11) is 0. The van der Waals surface area contributed by atoms with Gasteiger partial charge in [0.15, 0.2) is 0 Å². The molecule has 0 saturated carbocycles. The smallest absolute Gasteiger partial charge is 0.228 e. The summed E-state index contributed by atoms with van der Waals surface area (Å²) in [5.74, 6) is 0.0733. The normalized spacial score (nSPS) is 18.6. The van der Waals surface area contributed by atoms with E-state index in [1.807, 2.05) is 80.3 Å². The maximum absolute atomic E-state index is 13.0. The quantitative estimate of drug-likeness (QED) is 0.901. The van der Waals surface area contributed by atoms with Crippen molar-refractivity contribution in [3.8, 4) is 0 Å². The Morgan fingerprint density at radius 1 is 1.12 bits per heavy atom. The number of hydrogen-bond donors (Lipinski definition) is 1. The van der Waals surface area contributed by atoms with Crippen LogP contribution < -0.4 is 0 Å². The van der Waals surface area contributed by atoms with Crippen LogP contribution in [0.4, 0.5) is 0 Å². The molecule has 1 amide bonds. The first-order chi connectivity index (χ1) is 12.4. The summed E-state index contributed by atoms with van der Waals surface area (Å²) in [4.78, 5) is 14.9. The third-order valence-corrected chi connectivity index (χ3v) is 4.84. The molecule has 2 unspecified atom stereocenters. The van der Waals surface area contributed by atoms with Gasteiger partial charge in [-0.25, -0.2) is 0 Å². The molecule has 0 fully saturated rings. The van der Waals surface area contributed by atoms with Crippen LogP contribution in [0.15, 0.2) is 60.7 Å². The van der Waals surface area contributed by atoms with Crippen molar-refractivity contribution >= 4 is 12.0 Å². The molecule has 0 bridgehead atoms. The van der Waals surface area contributed by atoms with Crippen LogP contribution in [0.25, 0.3) is 6.08 Å². The van der Waals surface area contributed by atoms with Gasteiger partial charge in [0.1, 0.15) is 0 Å². The zero-order valence-corrected chi connectivity index (χ0v) is 15.7. The van der Waals surface area contributed by atoms with Gasteiger partial charge in [0, 0.05) is 12.0 Å². The minimum atomic E-state index is -0.761. The van der Waals surface area contributed by atoms with Crippen LogP contribution in [-0.4, -0.2) is 28.6 Å². The zero-order valence-electron chi connectivity index (χ0n) is 15.7. The Morgan fingerprint density at radius 3 is 2.46 bits per heavy atom. The van der Waals surface area contributed by atoms with Crippen LogP contribution in [0.5, 0.6) is 0 Å². The van der Waals surface area contributed by atoms with Crippen molar-refractivity contribution in [1.29, 1.82) is 0 Å². The molecule has 1 aliphatic heterocycles. The van der Waals surface area contributed by atoms with Crippen molar-refractivity contribution in [3.05, 3.63) is 77.4 Å². The maximum Gasteiger partial charge on any atom is 0.228 e. The number of aliphatic hydroxyl groups excluding tert-OH is 1. The standard InChI is InChI=1S/C23H27NO2/c1-23(2,3)22(26)24-16-15-18-11-7-8-12-19(18)21(24)20(25)14-13-17-9-5-4-6-10-17/h4-14,20-21,25H,15-16H2,1-3H3/b14-13+. The highest BCUT2D eigenvalue weighted by Crippen LogP contribution is 2.35. The number of aliphatic hydroxyl groups is 1. The molecule has 3 nitrogen and oxygen atoms in total. The van der Waals surface area contributed by atoms with E-state index in [4.69, 9.17) is 0 Å². The van der Waals surface area contributed by atoms with Gasteiger partial charge in [-0.15, -0.1) is 0 Å². The highest BCUT2D eigenvalue weighted by Gasteiger charge is 2.38. The van der Waals surface area contributed by atoms with Crippen LogP contribution in [0.2, 0.25) is 0 Å². The summed E-state index contributed by atoms with van der Waals surface area (Å²) in [5.41, 5.74) is 2.81. The molecule has 3 heteroatoms. The summed E-state index contributed by atoms with van der Waals surface area (Å²) >= 11 is 0. The molecule has 2 atom stereocenters. The predicted octanol–water partition coefficient (Wildman–Crippen LogP) is 4.23. The minimum absolute atomic E-state index is 0.0733. The summed E-state index contributed by atoms with van der Waals surface area (Å²) in [5, 5.41) is 11.0. The average molecular weight is 349 g/mol.